The molecule has 0 aromatic heterocycles. The molecule has 0 aliphatic rings. The Morgan fingerprint density at radius 3 is 1.25 bits per heavy atom. The van der Waals surface area contributed by atoms with E-state index in [9.17, 15) is 0 Å². The number of rotatable bonds is 8. The van der Waals surface area contributed by atoms with Gasteiger partial charge in [-0.05, 0) is 54.7 Å². The van der Waals surface area contributed by atoms with Gasteiger partial charge in [-0.25, -0.2) is 0 Å². The zero-order valence-corrected chi connectivity index (χ0v) is 14.2. The molecule has 0 fully saturated rings. The monoisotopic (exact) mass is 313 g/mol. The van der Waals surface area contributed by atoms with Crippen LogP contribution in [0.1, 0.15) is 29.5 Å². The minimum atomic E-state index is 1.10. The molecule has 0 saturated carbocycles. The molecule has 0 heteroatoms. The van der Waals surface area contributed by atoms with Crippen molar-refractivity contribution in [2.45, 2.75) is 32.1 Å². The molecule has 0 heterocycles. The fourth-order valence-corrected chi connectivity index (χ4v) is 3.12. The summed E-state index contributed by atoms with van der Waals surface area (Å²) >= 11 is 0. The Kier molecular flexibility index (Phi) is 6.25. The molecule has 0 aliphatic carbocycles. The first-order valence-corrected chi connectivity index (χ1v) is 8.85. The normalized spacial score (nSPS) is 10.9. The average molecular weight is 313 g/mol. The lowest BCUT2D eigenvalue weighted by molar-refractivity contribution is 0.681. The lowest BCUT2D eigenvalue weighted by Gasteiger charge is -2.17. The van der Waals surface area contributed by atoms with Gasteiger partial charge in [-0.1, -0.05) is 91.0 Å². The standard InChI is InChI=1S/C24H25/c1-4-10-21(11-5-1)16-18-24(20-23-14-8-3-9-15-23)19-17-22-12-6-2-7-13-22/h1-15H,16-20H2. The summed E-state index contributed by atoms with van der Waals surface area (Å²) < 4.78 is 0. The molecule has 0 aliphatic heterocycles. The second-order valence-corrected chi connectivity index (χ2v) is 6.38. The molecule has 1 radical (unpaired) electrons. The summed E-state index contributed by atoms with van der Waals surface area (Å²) in [6, 6.07) is 32.5. The van der Waals surface area contributed by atoms with Crippen molar-refractivity contribution in [2.24, 2.45) is 0 Å². The van der Waals surface area contributed by atoms with Crippen LogP contribution < -0.4 is 0 Å². The average Bonchev–Trinajstić information content (AvgIpc) is 2.66. The summed E-state index contributed by atoms with van der Waals surface area (Å²) in [5.74, 6) is 1.65. The number of aryl methyl sites for hydroxylation is 2. The topological polar surface area (TPSA) is 0 Å². The van der Waals surface area contributed by atoms with E-state index in [1.54, 1.807) is 5.92 Å². The third-order valence-electron chi connectivity index (χ3n) is 4.52. The molecule has 3 aromatic carbocycles. The quantitative estimate of drug-likeness (QED) is 0.473. The van der Waals surface area contributed by atoms with Crippen molar-refractivity contribution in [1.82, 2.24) is 0 Å². The van der Waals surface area contributed by atoms with Gasteiger partial charge in [-0.2, -0.15) is 0 Å². The van der Waals surface area contributed by atoms with Gasteiger partial charge in [0, 0.05) is 0 Å². The van der Waals surface area contributed by atoms with Gasteiger partial charge < -0.3 is 0 Å². The van der Waals surface area contributed by atoms with Gasteiger partial charge in [0.25, 0.3) is 0 Å². The number of hydrogen-bond acceptors (Lipinski definition) is 0. The Balaban J connectivity index is 1.61. The molecule has 121 valence electrons. The first-order chi connectivity index (χ1) is 11.9. The van der Waals surface area contributed by atoms with Crippen LogP contribution in [0.3, 0.4) is 0 Å². The van der Waals surface area contributed by atoms with E-state index in [4.69, 9.17) is 0 Å². The van der Waals surface area contributed by atoms with Gasteiger partial charge >= 0.3 is 0 Å². The smallest absolute Gasteiger partial charge is 0.0191 e. The van der Waals surface area contributed by atoms with E-state index in [0.717, 1.165) is 19.3 Å². The van der Waals surface area contributed by atoms with Gasteiger partial charge in [0.2, 0.25) is 0 Å². The van der Waals surface area contributed by atoms with Gasteiger partial charge in [0.05, 0.1) is 0 Å². The Morgan fingerprint density at radius 2 is 0.833 bits per heavy atom. The molecule has 0 N–H and O–H groups in total. The second kappa shape index (κ2) is 9.08. The molecule has 3 rings (SSSR count). The molecule has 0 spiro atoms. The molecule has 0 saturated heterocycles. The van der Waals surface area contributed by atoms with Crippen LogP contribution >= 0.6 is 0 Å². The Morgan fingerprint density at radius 1 is 0.458 bits per heavy atom. The molecular formula is C24H25. The molecular weight excluding hydrogens is 288 g/mol. The summed E-state index contributed by atoms with van der Waals surface area (Å²) in [6.45, 7) is 0. The highest BCUT2D eigenvalue weighted by Crippen LogP contribution is 2.23. The summed E-state index contributed by atoms with van der Waals surface area (Å²) in [7, 11) is 0. The Labute approximate surface area is 146 Å². The lowest BCUT2D eigenvalue weighted by Crippen LogP contribution is -2.06. The number of benzene rings is 3. The van der Waals surface area contributed by atoms with Crippen LogP contribution in [0.25, 0.3) is 0 Å². The predicted octanol–water partition coefficient (Wildman–Crippen LogP) is 6.07. The van der Waals surface area contributed by atoms with Crippen LogP contribution in [0.2, 0.25) is 0 Å². The molecule has 0 atom stereocenters. The molecule has 0 unspecified atom stereocenters. The van der Waals surface area contributed by atoms with Crippen LogP contribution in [0.15, 0.2) is 91.0 Å². The van der Waals surface area contributed by atoms with Crippen LogP contribution in [-0.2, 0) is 19.3 Å². The summed E-state index contributed by atoms with van der Waals surface area (Å²) in [5.41, 5.74) is 4.29. The zero-order chi connectivity index (χ0) is 16.5. The highest BCUT2D eigenvalue weighted by molar-refractivity contribution is 5.22. The van der Waals surface area contributed by atoms with Crippen LogP contribution in [0.5, 0.6) is 0 Å². The van der Waals surface area contributed by atoms with Crippen LogP contribution in [-0.4, -0.2) is 0 Å². The van der Waals surface area contributed by atoms with Gasteiger partial charge in [0.15, 0.2) is 0 Å². The SMILES string of the molecule is c1ccc(CC[C](CCc2ccccc2)Cc2ccccc2)cc1. The maximum Gasteiger partial charge on any atom is -0.0191 e. The van der Waals surface area contributed by atoms with E-state index in [0.29, 0.717) is 0 Å². The fourth-order valence-electron chi connectivity index (χ4n) is 3.12. The molecule has 0 bridgehead atoms. The Bertz CT molecular complexity index is 642. The lowest BCUT2D eigenvalue weighted by atomic mass is 9.88. The first-order valence-electron chi connectivity index (χ1n) is 8.85. The predicted molar refractivity (Wildman–Crippen MR) is 103 cm³/mol. The van der Waals surface area contributed by atoms with Crippen molar-refractivity contribution in [3.05, 3.63) is 114 Å². The molecule has 0 amide bonds. The van der Waals surface area contributed by atoms with Crippen molar-refractivity contribution < 1.29 is 0 Å². The largest absolute Gasteiger partial charge is 0.0622 e. The first kappa shape index (κ1) is 16.5. The highest BCUT2D eigenvalue weighted by atomic mass is 14.2. The van der Waals surface area contributed by atoms with Crippen molar-refractivity contribution in [1.29, 1.82) is 0 Å². The molecule has 3 aromatic rings. The fraction of sp³-hybridized carbons (Fsp3) is 0.208. The summed E-state index contributed by atoms with van der Waals surface area (Å²) in [6.07, 6.45) is 5.72. The van der Waals surface area contributed by atoms with E-state index in [2.05, 4.69) is 91.0 Å². The van der Waals surface area contributed by atoms with E-state index < -0.39 is 0 Å². The maximum atomic E-state index is 2.24. The third-order valence-corrected chi connectivity index (χ3v) is 4.52. The summed E-state index contributed by atoms with van der Waals surface area (Å²) in [5, 5.41) is 0. The van der Waals surface area contributed by atoms with Gasteiger partial charge in [-0.3, -0.25) is 0 Å². The zero-order valence-electron chi connectivity index (χ0n) is 14.2. The van der Waals surface area contributed by atoms with E-state index in [1.807, 2.05) is 0 Å². The minimum Gasteiger partial charge on any atom is -0.0622 e. The third kappa shape index (κ3) is 5.38. The van der Waals surface area contributed by atoms with Crippen molar-refractivity contribution in [2.75, 3.05) is 0 Å². The molecule has 24 heavy (non-hydrogen) atoms. The van der Waals surface area contributed by atoms with Gasteiger partial charge in [-0.15, -0.1) is 0 Å². The Hall–Kier alpha value is -2.34. The second-order valence-electron chi connectivity index (χ2n) is 6.38. The maximum absolute atomic E-state index is 2.24. The van der Waals surface area contributed by atoms with E-state index in [1.165, 1.54) is 29.5 Å². The van der Waals surface area contributed by atoms with E-state index in [-0.39, 0.29) is 0 Å². The van der Waals surface area contributed by atoms with E-state index >= 15 is 0 Å². The molecule has 0 nitrogen and oxygen atoms in total. The van der Waals surface area contributed by atoms with Crippen molar-refractivity contribution in [3.8, 4) is 0 Å². The van der Waals surface area contributed by atoms with Gasteiger partial charge in [0.1, 0.15) is 0 Å². The van der Waals surface area contributed by atoms with Crippen LogP contribution in [0, 0.1) is 5.92 Å². The van der Waals surface area contributed by atoms with Crippen molar-refractivity contribution in [3.63, 3.8) is 0 Å². The van der Waals surface area contributed by atoms with Crippen molar-refractivity contribution >= 4 is 0 Å². The highest BCUT2D eigenvalue weighted by Gasteiger charge is 2.11. The minimum absolute atomic E-state index is 1.10. The number of hydrogen-bond donors (Lipinski definition) is 0. The summed E-state index contributed by atoms with van der Waals surface area (Å²) in [4.78, 5) is 0. The van der Waals surface area contributed by atoms with Crippen LogP contribution in [0.4, 0.5) is 0 Å².